The zero-order valence-electron chi connectivity index (χ0n) is 8.15. The van der Waals surface area contributed by atoms with Crippen LogP contribution in [-0.2, 0) is 11.1 Å². The lowest BCUT2D eigenvalue weighted by atomic mass is 10.2. The Hall–Kier alpha value is 0.570. The number of benzene rings is 1. The van der Waals surface area contributed by atoms with E-state index in [4.69, 9.17) is 4.74 Å². The van der Waals surface area contributed by atoms with Gasteiger partial charge in [-0.2, -0.15) is 0 Å². The summed E-state index contributed by atoms with van der Waals surface area (Å²) in [5.74, 6) is 0.724. The molecule has 0 N–H and O–H groups in total. The van der Waals surface area contributed by atoms with Gasteiger partial charge in [0, 0.05) is 0 Å². The summed E-state index contributed by atoms with van der Waals surface area (Å²) in [5, 5.41) is 0. The van der Waals surface area contributed by atoms with E-state index in [2.05, 4.69) is 47.8 Å². The van der Waals surface area contributed by atoms with E-state index in [1.54, 1.807) is 31.4 Å². The van der Waals surface area contributed by atoms with Crippen LogP contribution in [0.25, 0.3) is 0 Å². The van der Waals surface area contributed by atoms with Crippen molar-refractivity contribution in [2.75, 3.05) is 7.11 Å². The molecule has 1 rings (SSSR count). The second-order valence-corrected chi connectivity index (χ2v) is 9.58. The fourth-order valence-electron chi connectivity index (χ4n) is 1.05. The van der Waals surface area contributed by atoms with Crippen LogP contribution in [-0.4, -0.2) is 18.4 Å². The quantitative estimate of drug-likeness (QED) is 0.537. The molecule has 0 aliphatic rings. The van der Waals surface area contributed by atoms with Gasteiger partial charge in [0.2, 0.25) is 0 Å². The highest BCUT2D eigenvalue weighted by Gasteiger charge is 2.34. The number of alkyl halides is 3. The second-order valence-electron chi connectivity index (χ2n) is 2.93. The molecule has 1 aromatic carbocycles. The highest BCUT2D eigenvalue weighted by molar-refractivity contribution is 9.28. The normalized spacial score (nSPS) is 15.6. The Morgan fingerprint density at radius 3 is 2.25 bits per heavy atom. The summed E-state index contributed by atoms with van der Waals surface area (Å²) < 4.78 is 25.8. The van der Waals surface area contributed by atoms with Crippen LogP contribution in [0.5, 0.6) is 5.75 Å². The third-order valence-corrected chi connectivity index (χ3v) is 7.85. The van der Waals surface area contributed by atoms with Gasteiger partial charge in [-0.3, -0.25) is 4.21 Å². The molecule has 0 aliphatic heterocycles. The van der Waals surface area contributed by atoms with Crippen LogP contribution in [0.1, 0.15) is 10.4 Å². The average molecular weight is 436 g/mol. The minimum absolute atomic E-state index is 0.413. The fraction of sp³-hybridized carbons (Fsp3) is 0.333. The predicted octanol–water partition coefficient (Wildman–Crippen LogP) is 3.45. The van der Waals surface area contributed by atoms with Crippen molar-refractivity contribution in [3.8, 4) is 5.75 Å². The average Bonchev–Trinajstić information content (AvgIpc) is 2.28. The molecule has 0 aliphatic carbocycles. The first-order valence-electron chi connectivity index (χ1n) is 4.14. The number of hydrogen-bond donors (Lipinski definition) is 0. The molecule has 0 saturated heterocycles. The van der Waals surface area contributed by atoms with E-state index in [1.165, 1.54) is 0 Å². The van der Waals surface area contributed by atoms with Gasteiger partial charge in [-0.15, -0.1) is 0 Å². The summed E-state index contributed by atoms with van der Waals surface area (Å²) in [7, 11) is 1.58. The number of methoxy groups -OCH3 is 1. The zero-order chi connectivity index (χ0) is 12.3. The maximum absolute atomic E-state index is 11.0. The van der Waals surface area contributed by atoms with Crippen molar-refractivity contribution >= 4 is 58.9 Å². The van der Waals surface area contributed by atoms with Gasteiger partial charge in [0.15, 0.2) is 2.57 Å². The van der Waals surface area contributed by atoms with Gasteiger partial charge in [-0.05, 0) is 28.8 Å². The Balaban J connectivity index is 2.96. The highest BCUT2D eigenvalue weighted by Crippen LogP contribution is 2.47. The van der Waals surface area contributed by atoms with Gasteiger partial charge in [0.05, 0.1) is 11.9 Å². The van der Waals surface area contributed by atoms with E-state index < -0.39 is 18.5 Å². The Kier molecular flexibility index (Phi) is 5.44. The van der Waals surface area contributed by atoms with Crippen LogP contribution >= 0.6 is 47.8 Å². The molecule has 0 fully saturated rings. The molecule has 0 bridgehead atoms. The molecule has 0 aromatic heterocycles. The molecular formula is C9H8Br3O3S-. The molecule has 0 amide bonds. The van der Waals surface area contributed by atoms with Crippen molar-refractivity contribution in [1.82, 2.24) is 0 Å². The summed E-state index contributed by atoms with van der Waals surface area (Å²) in [6.45, 7) is 0. The van der Waals surface area contributed by atoms with Crippen molar-refractivity contribution in [2.24, 2.45) is 0 Å². The number of hydrogen-bond acceptors (Lipinski definition) is 3. The minimum atomic E-state index is -2.31. The maximum atomic E-state index is 11.0. The van der Waals surface area contributed by atoms with Gasteiger partial charge in [0.25, 0.3) is 0 Å². The van der Waals surface area contributed by atoms with Crippen LogP contribution in [0.15, 0.2) is 24.3 Å². The lowest BCUT2D eigenvalue weighted by molar-refractivity contribution is 0.414. The third-order valence-electron chi connectivity index (χ3n) is 1.93. The highest BCUT2D eigenvalue weighted by atomic mass is 79.9. The standard InChI is InChI=1S/C9H9Br3O3S/c1-15-7-4-2-6(3-5-7)8(10)9(11,12)16(13)14/h2-5,8H,1H3,(H,13,14)/p-1. The molecule has 2 unspecified atom stereocenters. The Bertz CT molecular complexity index is 380. The van der Waals surface area contributed by atoms with Crippen molar-refractivity contribution in [2.45, 2.75) is 7.39 Å². The molecule has 0 spiro atoms. The van der Waals surface area contributed by atoms with E-state index >= 15 is 0 Å². The van der Waals surface area contributed by atoms with Gasteiger partial charge in [-0.25, -0.2) is 0 Å². The predicted molar refractivity (Wildman–Crippen MR) is 74.2 cm³/mol. The summed E-state index contributed by atoms with van der Waals surface area (Å²) in [4.78, 5) is -0.413. The smallest absolute Gasteiger partial charge is 0.158 e. The van der Waals surface area contributed by atoms with E-state index in [-0.39, 0.29) is 0 Å². The molecule has 0 radical (unpaired) electrons. The third kappa shape index (κ3) is 3.29. The van der Waals surface area contributed by atoms with Crippen molar-refractivity contribution < 1.29 is 13.5 Å². The number of halogens is 3. The number of ether oxygens (including phenoxy) is 1. The Morgan fingerprint density at radius 2 is 1.88 bits per heavy atom. The topological polar surface area (TPSA) is 49.4 Å². The van der Waals surface area contributed by atoms with Crippen molar-refractivity contribution in [1.29, 1.82) is 0 Å². The summed E-state index contributed by atoms with van der Waals surface area (Å²) in [6.07, 6.45) is 0. The van der Waals surface area contributed by atoms with Crippen LogP contribution in [0.3, 0.4) is 0 Å². The molecular weight excluding hydrogens is 428 g/mol. The first kappa shape index (κ1) is 14.6. The molecule has 16 heavy (non-hydrogen) atoms. The summed E-state index contributed by atoms with van der Waals surface area (Å²) in [5.41, 5.74) is 0.818. The van der Waals surface area contributed by atoms with Crippen molar-refractivity contribution in [3.63, 3.8) is 0 Å². The molecule has 7 heteroatoms. The first-order valence-corrected chi connectivity index (χ1v) is 7.72. The van der Waals surface area contributed by atoms with Gasteiger partial charge in [-0.1, -0.05) is 59.9 Å². The Morgan fingerprint density at radius 1 is 1.38 bits per heavy atom. The largest absolute Gasteiger partial charge is 0.771 e. The number of rotatable bonds is 4. The monoisotopic (exact) mass is 433 g/mol. The van der Waals surface area contributed by atoms with E-state index in [9.17, 15) is 8.76 Å². The zero-order valence-corrected chi connectivity index (χ0v) is 13.7. The van der Waals surface area contributed by atoms with Gasteiger partial charge < -0.3 is 9.29 Å². The van der Waals surface area contributed by atoms with E-state index in [1.807, 2.05) is 0 Å². The molecule has 3 nitrogen and oxygen atoms in total. The fourth-order valence-corrected chi connectivity index (χ4v) is 2.65. The Labute approximate surface area is 122 Å². The molecule has 2 atom stereocenters. The first-order chi connectivity index (χ1) is 7.39. The molecule has 0 heterocycles. The summed E-state index contributed by atoms with van der Waals surface area (Å²) in [6, 6.07) is 7.13. The second kappa shape index (κ2) is 5.95. The van der Waals surface area contributed by atoms with Crippen LogP contribution in [0, 0.1) is 0 Å². The molecule has 90 valence electrons. The van der Waals surface area contributed by atoms with Crippen LogP contribution in [0.4, 0.5) is 0 Å². The van der Waals surface area contributed by atoms with Crippen LogP contribution < -0.4 is 4.74 Å². The summed E-state index contributed by atoms with van der Waals surface area (Å²) >= 11 is 7.24. The van der Waals surface area contributed by atoms with E-state index in [0.29, 0.717) is 0 Å². The lowest BCUT2D eigenvalue weighted by Gasteiger charge is -2.28. The SMILES string of the molecule is COc1ccc(C(Br)C(Br)(Br)S(=O)[O-])cc1. The van der Waals surface area contributed by atoms with E-state index in [0.717, 1.165) is 11.3 Å². The molecule has 1 aromatic rings. The lowest BCUT2D eigenvalue weighted by Crippen LogP contribution is -2.24. The van der Waals surface area contributed by atoms with Gasteiger partial charge >= 0.3 is 0 Å². The maximum Gasteiger partial charge on any atom is 0.158 e. The molecule has 0 saturated carbocycles. The van der Waals surface area contributed by atoms with Gasteiger partial charge in [0.1, 0.15) is 5.75 Å². The van der Waals surface area contributed by atoms with Crippen LogP contribution in [0.2, 0.25) is 0 Å². The minimum Gasteiger partial charge on any atom is -0.771 e. The van der Waals surface area contributed by atoms with Crippen molar-refractivity contribution in [3.05, 3.63) is 29.8 Å².